The summed E-state index contributed by atoms with van der Waals surface area (Å²) in [4.78, 5) is 13.3. The lowest BCUT2D eigenvalue weighted by molar-refractivity contribution is -0.138. The number of hydrogen-bond donors (Lipinski definition) is 1. The van der Waals surface area contributed by atoms with Gasteiger partial charge in [0.1, 0.15) is 0 Å². The zero-order valence-corrected chi connectivity index (χ0v) is 12.8. The van der Waals surface area contributed by atoms with Crippen molar-refractivity contribution in [3.8, 4) is 0 Å². The molecule has 0 aromatic carbocycles. The van der Waals surface area contributed by atoms with Gasteiger partial charge in [-0.25, -0.2) is 0 Å². The maximum Gasteiger partial charge on any atom is 0.303 e. The Kier molecular flexibility index (Phi) is 6.27. The summed E-state index contributed by atoms with van der Waals surface area (Å²) < 4.78 is 5.45. The second-order valence-corrected chi connectivity index (χ2v) is 6.49. The number of rotatable bonds is 7. The molecule has 2 unspecified atom stereocenters. The normalized spacial score (nSPS) is 23.3. The molecule has 0 aromatic rings. The summed E-state index contributed by atoms with van der Waals surface area (Å²) in [5.41, 5.74) is -0.0698. The van der Waals surface area contributed by atoms with Crippen LogP contribution >= 0.6 is 0 Å². The van der Waals surface area contributed by atoms with Gasteiger partial charge in [0.2, 0.25) is 0 Å². The van der Waals surface area contributed by atoms with E-state index in [2.05, 4.69) is 25.7 Å². The largest absolute Gasteiger partial charge is 0.481 e. The lowest BCUT2D eigenvalue weighted by atomic mass is 9.84. The minimum atomic E-state index is -0.676. The van der Waals surface area contributed by atoms with E-state index in [1.807, 2.05) is 0 Å². The van der Waals surface area contributed by atoms with Gasteiger partial charge in [0, 0.05) is 26.6 Å². The van der Waals surface area contributed by atoms with E-state index in [1.165, 1.54) is 12.8 Å². The summed E-state index contributed by atoms with van der Waals surface area (Å²) in [6, 6.07) is 0. The molecular weight excluding hydrogens is 242 g/mol. The molecule has 19 heavy (non-hydrogen) atoms. The number of carbonyl (C=O) groups is 1. The Balaban J connectivity index is 2.39. The van der Waals surface area contributed by atoms with Crippen LogP contribution in [-0.4, -0.2) is 48.3 Å². The molecule has 1 heterocycles. The highest BCUT2D eigenvalue weighted by Crippen LogP contribution is 2.27. The van der Waals surface area contributed by atoms with Crippen LogP contribution in [0.1, 0.15) is 46.5 Å². The number of hydrogen-bond acceptors (Lipinski definition) is 3. The lowest BCUT2D eigenvalue weighted by Gasteiger charge is -2.37. The van der Waals surface area contributed by atoms with E-state index < -0.39 is 5.97 Å². The Labute approximate surface area is 117 Å². The lowest BCUT2D eigenvalue weighted by Crippen LogP contribution is -2.41. The van der Waals surface area contributed by atoms with E-state index in [-0.39, 0.29) is 11.5 Å². The van der Waals surface area contributed by atoms with Crippen molar-refractivity contribution in [3.05, 3.63) is 0 Å². The summed E-state index contributed by atoms with van der Waals surface area (Å²) in [6.07, 6.45) is 3.66. The number of nitrogens with zero attached hydrogens (tertiary/aromatic N) is 1. The first-order valence-corrected chi connectivity index (χ1v) is 7.33. The van der Waals surface area contributed by atoms with Crippen LogP contribution < -0.4 is 0 Å². The molecule has 0 spiro atoms. The summed E-state index contributed by atoms with van der Waals surface area (Å²) in [7, 11) is 1.76. The van der Waals surface area contributed by atoms with Crippen molar-refractivity contribution in [2.75, 3.05) is 26.7 Å². The Morgan fingerprint density at radius 2 is 2.21 bits per heavy atom. The third-order valence-corrected chi connectivity index (χ3v) is 4.43. The second kappa shape index (κ2) is 7.25. The summed E-state index contributed by atoms with van der Waals surface area (Å²) in [5.74, 6) is 0.122. The van der Waals surface area contributed by atoms with Gasteiger partial charge in [-0.2, -0.15) is 0 Å². The van der Waals surface area contributed by atoms with Crippen LogP contribution in [0.4, 0.5) is 0 Å². The topological polar surface area (TPSA) is 49.8 Å². The average molecular weight is 271 g/mol. The molecule has 1 aliphatic rings. The highest BCUT2D eigenvalue weighted by atomic mass is 16.5. The Morgan fingerprint density at radius 1 is 1.53 bits per heavy atom. The molecule has 2 atom stereocenters. The van der Waals surface area contributed by atoms with Crippen LogP contribution in [0.15, 0.2) is 0 Å². The van der Waals surface area contributed by atoms with Crippen molar-refractivity contribution >= 4 is 5.97 Å². The third kappa shape index (κ3) is 5.91. The van der Waals surface area contributed by atoms with Gasteiger partial charge in [0.05, 0.1) is 5.60 Å². The molecule has 112 valence electrons. The van der Waals surface area contributed by atoms with Crippen LogP contribution in [0.5, 0.6) is 0 Å². The molecule has 0 aliphatic carbocycles. The quantitative estimate of drug-likeness (QED) is 0.773. The van der Waals surface area contributed by atoms with Gasteiger partial charge in [-0.3, -0.25) is 4.79 Å². The molecule has 1 aliphatic heterocycles. The van der Waals surface area contributed by atoms with E-state index in [1.54, 1.807) is 7.11 Å². The van der Waals surface area contributed by atoms with Crippen molar-refractivity contribution in [2.24, 2.45) is 11.8 Å². The van der Waals surface area contributed by atoms with E-state index in [9.17, 15) is 4.79 Å². The standard InChI is InChI=1S/C15H29NO3/c1-12(10-14(17)18)13-6-5-8-16(11-13)9-7-15(2,3)19-4/h12-13H,5-11H2,1-4H3,(H,17,18). The monoisotopic (exact) mass is 271 g/mol. The molecule has 4 nitrogen and oxygen atoms in total. The molecule has 1 saturated heterocycles. The zero-order valence-electron chi connectivity index (χ0n) is 12.8. The van der Waals surface area contributed by atoms with Gasteiger partial charge in [-0.15, -0.1) is 0 Å². The minimum Gasteiger partial charge on any atom is -0.481 e. The van der Waals surface area contributed by atoms with Crippen molar-refractivity contribution in [2.45, 2.75) is 52.1 Å². The van der Waals surface area contributed by atoms with Crippen molar-refractivity contribution in [3.63, 3.8) is 0 Å². The van der Waals surface area contributed by atoms with E-state index >= 15 is 0 Å². The molecule has 0 bridgehead atoms. The molecule has 1 fully saturated rings. The van der Waals surface area contributed by atoms with Gasteiger partial charge in [0.15, 0.2) is 0 Å². The molecule has 1 N–H and O–H groups in total. The fraction of sp³-hybridized carbons (Fsp3) is 0.933. The molecule has 0 aromatic heterocycles. The third-order valence-electron chi connectivity index (χ3n) is 4.43. The van der Waals surface area contributed by atoms with Crippen LogP contribution in [-0.2, 0) is 9.53 Å². The van der Waals surface area contributed by atoms with Crippen molar-refractivity contribution < 1.29 is 14.6 Å². The van der Waals surface area contributed by atoms with Crippen LogP contribution in [0, 0.1) is 11.8 Å². The number of methoxy groups -OCH3 is 1. The van der Waals surface area contributed by atoms with E-state index in [4.69, 9.17) is 9.84 Å². The Bertz CT molecular complexity index is 291. The summed E-state index contributed by atoms with van der Waals surface area (Å²) in [5, 5.41) is 8.89. The van der Waals surface area contributed by atoms with Crippen LogP contribution in [0.3, 0.4) is 0 Å². The van der Waals surface area contributed by atoms with Gasteiger partial charge in [-0.05, 0) is 51.5 Å². The molecule has 4 heteroatoms. The minimum absolute atomic E-state index is 0.0698. The number of aliphatic carboxylic acids is 1. The highest BCUT2D eigenvalue weighted by molar-refractivity contribution is 5.66. The van der Waals surface area contributed by atoms with E-state index in [0.717, 1.165) is 26.1 Å². The molecule has 0 saturated carbocycles. The number of likely N-dealkylation sites (tertiary alicyclic amines) is 1. The number of carboxylic acid groups (broad SMARTS) is 1. The van der Waals surface area contributed by atoms with Crippen LogP contribution in [0.2, 0.25) is 0 Å². The zero-order chi connectivity index (χ0) is 14.5. The Hall–Kier alpha value is -0.610. The molecular formula is C15H29NO3. The van der Waals surface area contributed by atoms with Gasteiger partial charge in [-0.1, -0.05) is 6.92 Å². The highest BCUT2D eigenvalue weighted by Gasteiger charge is 2.27. The first-order valence-electron chi connectivity index (χ1n) is 7.33. The van der Waals surface area contributed by atoms with E-state index in [0.29, 0.717) is 12.3 Å². The molecule has 0 radical (unpaired) electrons. The first-order chi connectivity index (χ1) is 8.84. The maximum absolute atomic E-state index is 10.8. The SMILES string of the molecule is COC(C)(C)CCN1CCCC(C(C)CC(=O)O)C1. The molecule has 1 rings (SSSR count). The maximum atomic E-state index is 10.8. The predicted molar refractivity (Wildman–Crippen MR) is 76.3 cm³/mol. The predicted octanol–water partition coefficient (Wildman–Crippen LogP) is 2.62. The van der Waals surface area contributed by atoms with Crippen molar-refractivity contribution in [1.82, 2.24) is 4.90 Å². The molecule has 0 amide bonds. The summed E-state index contributed by atoms with van der Waals surface area (Å²) >= 11 is 0. The fourth-order valence-electron chi connectivity index (χ4n) is 2.73. The first kappa shape index (κ1) is 16.4. The number of piperidine rings is 1. The summed E-state index contributed by atoms with van der Waals surface area (Å²) in [6.45, 7) is 9.51. The Morgan fingerprint density at radius 3 is 2.79 bits per heavy atom. The van der Waals surface area contributed by atoms with Gasteiger partial charge in [0.25, 0.3) is 0 Å². The van der Waals surface area contributed by atoms with Crippen LogP contribution in [0.25, 0.3) is 0 Å². The van der Waals surface area contributed by atoms with Gasteiger partial charge >= 0.3 is 5.97 Å². The number of ether oxygens (including phenoxy) is 1. The second-order valence-electron chi connectivity index (χ2n) is 6.49. The number of carboxylic acids is 1. The average Bonchev–Trinajstić information content (AvgIpc) is 2.36. The fourth-order valence-corrected chi connectivity index (χ4v) is 2.73. The smallest absolute Gasteiger partial charge is 0.303 e. The van der Waals surface area contributed by atoms with Gasteiger partial charge < -0.3 is 14.7 Å². The van der Waals surface area contributed by atoms with Crippen molar-refractivity contribution in [1.29, 1.82) is 0 Å².